The van der Waals surface area contributed by atoms with Crippen LogP contribution >= 0.6 is 0 Å². The second kappa shape index (κ2) is 19.0. The zero-order chi connectivity index (χ0) is 12.7. The molecule has 0 aliphatic heterocycles. The van der Waals surface area contributed by atoms with E-state index >= 15 is 0 Å². The molecule has 0 bridgehead atoms. The molecule has 0 amide bonds. The number of unbranched alkanes of at least 4 members (excludes halogenated alkanes) is 2. The number of hydrogen-bond donors (Lipinski definition) is 2. The summed E-state index contributed by atoms with van der Waals surface area (Å²) in [5.74, 6) is 5.17. The Morgan fingerprint density at radius 1 is 1.00 bits per heavy atom. The van der Waals surface area contributed by atoms with Gasteiger partial charge in [-0.25, -0.2) is 5.84 Å². The van der Waals surface area contributed by atoms with Crippen molar-refractivity contribution in [1.29, 1.82) is 0 Å². The molecule has 94 valence electrons. The number of hydrogen-bond acceptors (Lipinski definition) is 3. The van der Waals surface area contributed by atoms with Crippen LogP contribution in [0.15, 0.2) is 11.9 Å². The molecule has 0 aromatic heterocycles. The number of nitrogens with zero attached hydrogens (tertiary/aromatic N) is 1. The van der Waals surface area contributed by atoms with Crippen molar-refractivity contribution >= 4 is 0 Å². The van der Waals surface area contributed by atoms with Crippen molar-refractivity contribution in [2.45, 2.75) is 60.3 Å². The van der Waals surface area contributed by atoms with Crippen LogP contribution < -0.4 is 11.6 Å². The van der Waals surface area contributed by atoms with Gasteiger partial charge in [0.2, 0.25) is 0 Å². The average molecular weight is 217 g/mol. The van der Waals surface area contributed by atoms with Crippen LogP contribution in [0.2, 0.25) is 0 Å². The summed E-state index contributed by atoms with van der Waals surface area (Å²) >= 11 is 0. The van der Waals surface area contributed by atoms with E-state index in [1.807, 2.05) is 0 Å². The minimum atomic E-state index is 0.713. The highest BCUT2D eigenvalue weighted by Crippen LogP contribution is 1.77. The molecule has 0 unspecified atom stereocenters. The van der Waals surface area contributed by atoms with Crippen molar-refractivity contribution in [2.24, 2.45) is 11.6 Å². The number of nitrogens with two attached hydrogens (primary N) is 2. The van der Waals surface area contributed by atoms with Gasteiger partial charge in [-0.05, 0) is 6.92 Å². The molecule has 0 atom stereocenters. The smallest absolute Gasteiger partial charge is 0.0336 e. The summed E-state index contributed by atoms with van der Waals surface area (Å²) in [5.41, 5.74) is 5.95. The number of allylic oxidation sites excluding steroid dienone is 1. The maximum absolute atomic E-state index is 5.23. The van der Waals surface area contributed by atoms with E-state index in [1.54, 1.807) is 20.2 Å². The van der Waals surface area contributed by atoms with Crippen LogP contribution in [-0.4, -0.2) is 12.1 Å². The van der Waals surface area contributed by atoms with Crippen LogP contribution in [0.4, 0.5) is 0 Å². The first-order chi connectivity index (χ1) is 6.95. The van der Waals surface area contributed by atoms with E-state index in [4.69, 9.17) is 11.6 Å². The van der Waals surface area contributed by atoms with Gasteiger partial charge in [0, 0.05) is 18.9 Å². The second-order valence-corrected chi connectivity index (χ2v) is 3.54. The van der Waals surface area contributed by atoms with E-state index in [0.717, 1.165) is 0 Å². The van der Waals surface area contributed by atoms with Crippen molar-refractivity contribution in [3.63, 3.8) is 0 Å². The monoisotopic (exact) mass is 217 g/mol. The molecule has 0 aromatic rings. The van der Waals surface area contributed by atoms with Crippen molar-refractivity contribution in [3.8, 4) is 0 Å². The maximum Gasteiger partial charge on any atom is 0.0336 e. The number of hydrazine groups is 1. The summed E-state index contributed by atoms with van der Waals surface area (Å²) in [7, 11) is 1.72. The first-order valence-electron chi connectivity index (χ1n) is 5.87. The fourth-order valence-corrected chi connectivity index (χ4v) is 0.321. The van der Waals surface area contributed by atoms with Crippen molar-refractivity contribution < 1.29 is 0 Å². The van der Waals surface area contributed by atoms with Gasteiger partial charge >= 0.3 is 0 Å². The van der Waals surface area contributed by atoms with E-state index < -0.39 is 0 Å². The quantitative estimate of drug-likeness (QED) is 0.564. The highest BCUT2D eigenvalue weighted by Gasteiger charge is 1.76. The van der Waals surface area contributed by atoms with Crippen LogP contribution in [0.1, 0.15) is 60.3 Å². The number of rotatable bonds is 3. The molecule has 15 heavy (non-hydrogen) atoms. The normalized spacial score (nSPS) is 9.40. The van der Waals surface area contributed by atoms with Gasteiger partial charge in [-0.3, -0.25) is 0 Å². The first kappa shape index (κ1) is 19.8. The standard InChI is InChI=1S/C4H11N3.2C4H10/c1-4(5)3-7(2)6;2*1-3-4-2/h3H,5-6H2,1-2H3;2*3-4H2,1-2H3/b4-3-;;. The van der Waals surface area contributed by atoms with Crippen molar-refractivity contribution in [2.75, 3.05) is 7.05 Å². The van der Waals surface area contributed by atoms with Gasteiger partial charge in [-0.1, -0.05) is 53.4 Å². The summed E-state index contributed by atoms with van der Waals surface area (Å²) in [4.78, 5) is 0. The van der Waals surface area contributed by atoms with E-state index in [-0.39, 0.29) is 0 Å². The van der Waals surface area contributed by atoms with E-state index in [2.05, 4.69) is 27.7 Å². The lowest BCUT2D eigenvalue weighted by Gasteiger charge is -2.03. The molecule has 0 spiro atoms. The van der Waals surface area contributed by atoms with E-state index in [1.165, 1.54) is 30.7 Å². The predicted octanol–water partition coefficient (Wildman–Crippen LogP) is 3.22. The van der Waals surface area contributed by atoms with Gasteiger partial charge in [-0.15, -0.1) is 0 Å². The van der Waals surface area contributed by atoms with Gasteiger partial charge < -0.3 is 10.7 Å². The molecule has 3 nitrogen and oxygen atoms in total. The Morgan fingerprint density at radius 3 is 1.27 bits per heavy atom. The molecule has 0 aliphatic carbocycles. The Kier molecular flexibility index (Phi) is 25.0. The maximum atomic E-state index is 5.23. The molecular weight excluding hydrogens is 186 g/mol. The summed E-state index contributed by atoms with van der Waals surface area (Å²) in [6.07, 6.45) is 6.92. The molecule has 0 rings (SSSR count). The molecule has 0 aromatic carbocycles. The fraction of sp³-hybridized carbons (Fsp3) is 0.833. The zero-order valence-corrected chi connectivity index (χ0v) is 11.5. The van der Waals surface area contributed by atoms with Crippen molar-refractivity contribution in [1.82, 2.24) is 5.01 Å². The third-order valence-electron chi connectivity index (χ3n) is 1.41. The molecule has 0 saturated heterocycles. The zero-order valence-electron chi connectivity index (χ0n) is 11.5. The SMILES string of the molecule is C/C(N)=C/N(C)N.CCCC.CCCC. The van der Waals surface area contributed by atoms with Gasteiger partial charge in [0.15, 0.2) is 0 Å². The molecule has 0 saturated carbocycles. The Morgan fingerprint density at radius 2 is 1.27 bits per heavy atom. The van der Waals surface area contributed by atoms with Crippen LogP contribution in [0.3, 0.4) is 0 Å². The van der Waals surface area contributed by atoms with Crippen LogP contribution in [-0.2, 0) is 0 Å². The Labute approximate surface area is 96.5 Å². The topological polar surface area (TPSA) is 55.3 Å². The van der Waals surface area contributed by atoms with Gasteiger partial charge in [0.05, 0.1) is 0 Å². The summed E-state index contributed by atoms with van der Waals surface area (Å²) in [6.45, 7) is 10.5. The molecular formula is C12H31N3. The Balaban J connectivity index is -0.000000155. The Hall–Kier alpha value is -0.700. The first-order valence-corrected chi connectivity index (χ1v) is 5.87. The minimum Gasteiger partial charge on any atom is -0.401 e. The summed E-state index contributed by atoms with van der Waals surface area (Å²) in [5, 5.41) is 1.41. The lowest BCUT2D eigenvalue weighted by atomic mass is 10.4. The Bertz CT molecular complexity index is 108. The molecule has 3 heteroatoms. The lowest BCUT2D eigenvalue weighted by Crippen LogP contribution is -2.20. The fourth-order valence-electron chi connectivity index (χ4n) is 0.321. The lowest BCUT2D eigenvalue weighted by molar-refractivity contribution is 0.480. The molecule has 0 radical (unpaired) electrons. The van der Waals surface area contributed by atoms with Gasteiger partial charge in [-0.2, -0.15) is 0 Å². The minimum absolute atomic E-state index is 0.713. The van der Waals surface area contributed by atoms with Crippen LogP contribution in [0, 0.1) is 0 Å². The predicted molar refractivity (Wildman–Crippen MR) is 71.1 cm³/mol. The molecule has 0 aliphatic rings. The van der Waals surface area contributed by atoms with Gasteiger partial charge in [0.25, 0.3) is 0 Å². The highest BCUT2D eigenvalue weighted by molar-refractivity contribution is 4.88. The molecule has 4 N–H and O–H groups in total. The van der Waals surface area contributed by atoms with Gasteiger partial charge in [0.1, 0.15) is 0 Å². The summed E-state index contributed by atoms with van der Waals surface area (Å²) in [6, 6.07) is 0. The summed E-state index contributed by atoms with van der Waals surface area (Å²) < 4.78 is 0. The second-order valence-electron chi connectivity index (χ2n) is 3.54. The third-order valence-corrected chi connectivity index (χ3v) is 1.41. The van der Waals surface area contributed by atoms with Crippen molar-refractivity contribution in [3.05, 3.63) is 11.9 Å². The third kappa shape index (κ3) is 60.5. The van der Waals surface area contributed by atoms with Crippen LogP contribution in [0.5, 0.6) is 0 Å². The van der Waals surface area contributed by atoms with Crippen LogP contribution in [0.25, 0.3) is 0 Å². The largest absolute Gasteiger partial charge is 0.401 e. The average Bonchev–Trinajstić information content (AvgIpc) is 2.16. The highest BCUT2D eigenvalue weighted by atomic mass is 15.4. The van der Waals surface area contributed by atoms with E-state index in [0.29, 0.717) is 5.70 Å². The molecule has 0 heterocycles. The van der Waals surface area contributed by atoms with E-state index in [9.17, 15) is 0 Å². The molecule has 0 fully saturated rings.